The first-order valence-electron chi connectivity index (χ1n) is 14.2. The number of hydrogen-bond acceptors (Lipinski definition) is 1. The fourth-order valence-corrected chi connectivity index (χ4v) is 5.81. The molecule has 1 aromatic rings. The predicted molar refractivity (Wildman–Crippen MR) is 173 cm³/mol. The summed E-state index contributed by atoms with van der Waals surface area (Å²) in [4.78, 5) is 3.25. The summed E-state index contributed by atoms with van der Waals surface area (Å²) in [5.41, 5.74) is 6.27. The van der Waals surface area contributed by atoms with Crippen molar-refractivity contribution in [2.45, 2.75) is 131 Å². The van der Waals surface area contributed by atoms with Crippen LogP contribution in [0.5, 0.6) is 5.75 Å². The van der Waals surface area contributed by atoms with Crippen molar-refractivity contribution >= 4 is 42.9 Å². The van der Waals surface area contributed by atoms with Gasteiger partial charge in [-0.05, 0) is 31.0 Å². The molecule has 1 aromatic carbocycles. The summed E-state index contributed by atoms with van der Waals surface area (Å²) >= 11 is 1.75. The summed E-state index contributed by atoms with van der Waals surface area (Å²) in [5, 5.41) is 10.7. The molecule has 1 atom stereocenters. The summed E-state index contributed by atoms with van der Waals surface area (Å²) in [7, 11) is -1.26. The van der Waals surface area contributed by atoms with E-state index < -0.39 is 8.07 Å². The van der Waals surface area contributed by atoms with E-state index in [0.29, 0.717) is 11.7 Å². The van der Waals surface area contributed by atoms with Crippen molar-refractivity contribution in [3.63, 3.8) is 0 Å². The predicted octanol–water partition coefficient (Wildman–Crippen LogP) is 10.5. The van der Waals surface area contributed by atoms with Gasteiger partial charge in [-0.2, -0.15) is 11.1 Å². The van der Waals surface area contributed by atoms with Gasteiger partial charge < -0.3 is 5.11 Å². The zero-order valence-electron chi connectivity index (χ0n) is 25.3. The van der Waals surface area contributed by atoms with E-state index in [-0.39, 0.29) is 24.8 Å². The van der Waals surface area contributed by atoms with Crippen LogP contribution in [-0.4, -0.2) is 18.0 Å². The number of phenols is 1. The number of hydrogen-bond donors (Lipinski definition) is 1. The Labute approximate surface area is 256 Å². The minimum atomic E-state index is -1.26. The van der Waals surface area contributed by atoms with Gasteiger partial charge in [-0.25, -0.2) is 5.57 Å². The molecule has 1 nitrogen and oxygen atoms in total. The van der Waals surface area contributed by atoms with Gasteiger partial charge in [0.2, 0.25) is 0 Å². The monoisotopic (exact) mass is 603 g/mol. The number of allylic oxidation sites excluding steroid dienone is 4. The molecule has 0 saturated carbocycles. The topological polar surface area (TPSA) is 20.2 Å². The number of rotatable bonds is 13. The molecular weight excluding hydrogens is 547 g/mol. The van der Waals surface area contributed by atoms with Crippen molar-refractivity contribution in [2.24, 2.45) is 5.92 Å². The first kappa shape index (κ1) is 41.4. The van der Waals surface area contributed by atoms with E-state index in [1.54, 1.807) is 42.8 Å². The van der Waals surface area contributed by atoms with Gasteiger partial charge in [0.15, 0.2) is 0 Å². The average Bonchev–Trinajstić information content (AvgIpc) is 3.15. The van der Waals surface area contributed by atoms with Gasteiger partial charge in [0.05, 0.1) is 8.07 Å². The van der Waals surface area contributed by atoms with Crippen molar-refractivity contribution in [3.8, 4) is 5.75 Å². The van der Waals surface area contributed by atoms with Gasteiger partial charge >= 0.3 is 24.8 Å². The molecule has 0 spiro atoms. The van der Waals surface area contributed by atoms with Crippen LogP contribution in [0, 0.1) is 18.9 Å². The summed E-state index contributed by atoms with van der Waals surface area (Å²) in [5.74, 6) is 1.06. The maximum absolute atomic E-state index is 9.38. The van der Waals surface area contributed by atoms with Crippen molar-refractivity contribution < 1.29 is 25.1 Å². The molecule has 0 radical (unpaired) electrons. The standard InChI is InChI=1S/C21H37.C10H16OSi.CH2.2ClH.Ti/c1-5-9-13-18-17-19(14-10-6-2)21(16-12-8-4)20(18)15-11-7-3;1-8-5-9(11)7-10(6-8)12(2,3)4;;;;/h18H,5-16H2,1-4H3;5-7,11H,1-4H3;1H2;2*1H;/q-1;;;;;+1. The second kappa shape index (κ2) is 23.7. The molecule has 0 bridgehead atoms. The molecule has 0 fully saturated rings. The van der Waals surface area contributed by atoms with Gasteiger partial charge in [0.25, 0.3) is 0 Å². The number of phenolic OH excluding ortho intramolecular Hbond substituents is 1. The van der Waals surface area contributed by atoms with Gasteiger partial charge in [0, 0.05) is 0 Å². The fraction of sp³-hybridized carbons (Fsp3) is 0.656. The third kappa shape index (κ3) is 16.6. The number of unbranched alkanes of at least 4 members (excludes halogenated alkanes) is 4. The van der Waals surface area contributed by atoms with Crippen molar-refractivity contribution in [2.75, 3.05) is 0 Å². The van der Waals surface area contributed by atoms with Crippen molar-refractivity contribution in [1.82, 2.24) is 0 Å². The molecule has 0 aliphatic heterocycles. The Morgan fingerprint density at radius 2 is 1.32 bits per heavy atom. The second-order valence-electron chi connectivity index (χ2n) is 10.9. The van der Waals surface area contributed by atoms with E-state index in [2.05, 4.69) is 64.3 Å². The molecule has 0 amide bonds. The number of benzene rings is 1. The molecule has 0 heterocycles. The third-order valence-electron chi connectivity index (χ3n) is 6.66. The minimum absolute atomic E-state index is 0. The van der Waals surface area contributed by atoms with Gasteiger partial charge in [-0.15, -0.1) is 24.8 Å². The maximum atomic E-state index is 9.38. The molecule has 1 unspecified atom stereocenters. The molecule has 0 aromatic heterocycles. The summed E-state index contributed by atoms with van der Waals surface area (Å²) < 4.78 is 0. The van der Waals surface area contributed by atoms with Crippen LogP contribution in [0.25, 0.3) is 0 Å². The summed E-state index contributed by atoms with van der Waals surface area (Å²) in [6, 6.07) is 5.86. The van der Waals surface area contributed by atoms with Crippen LogP contribution < -0.4 is 5.19 Å². The Hall–Kier alpha value is -0.119. The van der Waals surface area contributed by atoms with E-state index in [1.165, 1.54) is 82.2 Å². The Bertz CT molecular complexity index is 763. The van der Waals surface area contributed by atoms with Crippen LogP contribution in [0.15, 0.2) is 34.9 Å². The molecule has 2 rings (SSSR count). The first-order chi connectivity index (χ1) is 16.7. The SMILES string of the molecule is CCCCC1=[C-]C(CCCC)C(CCCC)=C1CCCC.Cc1cc(O)cc([Si](C)(C)C)c1.Cl.Cl.[CH2]=[Ti+]. The van der Waals surface area contributed by atoms with E-state index in [9.17, 15) is 5.11 Å². The number of aryl methyl sites for hydroxylation is 1. The van der Waals surface area contributed by atoms with Gasteiger partial charge in [0.1, 0.15) is 5.75 Å². The number of halogens is 2. The molecule has 1 aliphatic rings. The number of aromatic hydroxyl groups is 1. The molecule has 5 heteroatoms. The van der Waals surface area contributed by atoms with Crippen LogP contribution in [-0.2, 0) is 20.0 Å². The van der Waals surface area contributed by atoms with E-state index >= 15 is 0 Å². The molecule has 213 valence electrons. The Kier molecular flexibility index (Phi) is 26.5. The fourth-order valence-electron chi connectivity index (χ4n) is 4.57. The molecule has 0 saturated heterocycles. The van der Waals surface area contributed by atoms with E-state index in [4.69, 9.17) is 0 Å². The Morgan fingerprint density at radius 1 is 0.811 bits per heavy atom. The second-order valence-corrected chi connectivity index (χ2v) is 16.0. The van der Waals surface area contributed by atoms with Crippen LogP contribution in [0.2, 0.25) is 19.6 Å². The average molecular weight is 605 g/mol. The molecular formula is C32H57Cl2OSiTi. The summed E-state index contributed by atoms with van der Waals surface area (Å²) in [6.07, 6.45) is 19.8. The quantitative estimate of drug-likeness (QED) is 0.175. The van der Waals surface area contributed by atoms with Crippen LogP contribution in [0.4, 0.5) is 0 Å². The zero-order valence-corrected chi connectivity index (χ0v) is 29.5. The van der Waals surface area contributed by atoms with Gasteiger partial charge in [-0.3, -0.25) is 6.08 Å². The van der Waals surface area contributed by atoms with Crippen LogP contribution in [0.3, 0.4) is 0 Å². The summed E-state index contributed by atoms with van der Waals surface area (Å²) in [6.45, 7) is 18.1. The Morgan fingerprint density at radius 3 is 1.81 bits per heavy atom. The third-order valence-corrected chi connectivity index (χ3v) is 8.68. The van der Waals surface area contributed by atoms with E-state index in [1.807, 2.05) is 13.0 Å². The van der Waals surface area contributed by atoms with E-state index in [0.717, 1.165) is 5.56 Å². The van der Waals surface area contributed by atoms with Crippen molar-refractivity contribution in [3.05, 3.63) is 46.6 Å². The van der Waals surface area contributed by atoms with Crippen molar-refractivity contribution in [1.29, 1.82) is 0 Å². The normalized spacial score (nSPS) is 14.4. The van der Waals surface area contributed by atoms with Gasteiger partial charge in [-0.1, -0.05) is 135 Å². The molecule has 37 heavy (non-hydrogen) atoms. The molecule has 1 aliphatic carbocycles. The van der Waals surface area contributed by atoms with Crippen LogP contribution in [0.1, 0.15) is 110 Å². The Balaban J connectivity index is -0.000000619. The zero-order chi connectivity index (χ0) is 26.9. The first-order valence-corrected chi connectivity index (χ1v) is 18.8. The molecule has 1 N–H and O–H groups in total. The van der Waals surface area contributed by atoms with Crippen LogP contribution >= 0.6 is 24.8 Å².